The van der Waals surface area contributed by atoms with Gasteiger partial charge in [0.25, 0.3) is 0 Å². The summed E-state index contributed by atoms with van der Waals surface area (Å²) in [7, 11) is 0. The Balaban J connectivity index is 2.68. The smallest absolute Gasteiger partial charge is 0.343 e. The second-order valence-corrected chi connectivity index (χ2v) is 5.90. The van der Waals surface area contributed by atoms with E-state index in [-0.39, 0.29) is 11.3 Å². The molecule has 23 heavy (non-hydrogen) atoms. The van der Waals surface area contributed by atoms with Gasteiger partial charge in [-0.15, -0.1) is 0 Å². The third-order valence-electron chi connectivity index (χ3n) is 3.73. The second-order valence-electron chi connectivity index (χ2n) is 5.90. The predicted molar refractivity (Wildman–Crippen MR) is 82.8 cm³/mol. The van der Waals surface area contributed by atoms with Gasteiger partial charge < -0.3 is 4.74 Å². The molecule has 5 nitrogen and oxygen atoms in total. The number of amides is 2. The normalized spacial score (nSPS) is 13.0. The number of hydrogen-bond donors (Lipinski definition) is 0. The Morgan fingerprint density at radius 2 is 1.78 bits per heavy atom. The summed E-state index contributed by atoms with van der Waals surface area (Å²) in [6.07, 6.45) is 1.52. The van der Waals surface area contributed by atoms with E-state index in [1.807, 2.05) is 0 Å². The zero-order chi connectivity index (χ0) is 17.3. The molecule has 0 saturated heterocycles. The molecule has 0 aromatic heterocycles. The summed E-state index contributed by atoms with van der Waals surface area (Å²) in [5.41, 5.74) is 0.821. The highest BCUT2D eigenvalue weighted by atomic mass is 19.1. The molecule has 0 fully saturated rings. The van der Waals surface area contributed by atoms with Crippen LogP contribution in [0.5, 0.6) is 0 Å². The average Bonchev–Trinajstić information content (AvgIpc) is 2.85. The summed E-state index contributed by atoms with van der Waals surface area (Å²) in [6, 6.07) is 1.56. The van der Waals surface area contributed by atoms with Crippen LogP contribution >= 0.6 is 0 Å². The second kappa shape index (κ2) is 6.48. The van der Waals surface area contributed by atoms with E-state index >= 15 is 0 Å². The number of nitrogens with zero attached hydrogens (tertiary/aromatic N) is 1. The number of aryl methyl sites for hydroxylation is 1. The summed E-state index contributed by atoms with van der Waals surface area (Å²) in [6.45, 7) is 5.70. The first-order valence-corrected chi connectivity index (χ1v) is 7.60. The maximum Gasteiger partial charge on any atom is 0.343 e. The van der Waals surface area contributed by atoms with Gasteiger partial charge in [0.15, 0.2) is 0 Å². The van der Waals surface area contributed by atoms with Gasteiger partial charge in [0, 0.05) is 13.8 Å². The van der Waals surface area contributed by atoms with Gasteiger partial charge in [-0.05, 0) is 50.3 Å². The van der Waals surface area contributed by atoms with E-state index in [9.17, 15) is 18.8 Å². The molecular formula is C17H20FNO4. The van der Waals surface area contributed by atoms with Crippen molar-refractivity contribution in [2.24, 2.45) is 0 Å². The topological polar surface area (TPSA) is 63.7 Å². The van der Waals surface area contributed by atoms with E-state index in [2.05, 4.69) is 0 Å². The Bertz CT molecular complexity index is 668. The highest BCUT2D eigenvalue weighted by Crippen LogP contribution is 2.35. The van der Waals surface area contributed by atoms with Crippen LogP contribution in [0.4, 0.5) is 10.1 Å². The van der Waals surface area contributed by atoms with Crippen molar-refractivity contribution in [3.05, 3.63) is 28.6 Å². The molecule has 0 heterocycles. The van der Waals surface area contributed by atoms with E-state index in [1.54, 1.807) is 19.9 Å². The number of hydrogen-bond acceptors (Lipinski definition) is 4. The highest BCUT2D eigenvalue weighted by molar-refractivity contribution is 6.16. The summed E-state index contributed by atoms with van der Waals surface area (Å²) >= 11 is 0. The number of halogens is 1. The molecule has 1 aliphatic rings. The molecule has 0 unspecified atom stereocenters. The van der Waals surface area contributed by atoms with Crippen molar-refractivity contribution in [1.82, 2.24) is 0 Å². The van der Waals surface area contributed by atoms with Crippen LogP contribution in [0.1, 0.15) is 55.6 Å². The first kappa shape index (κ1) is 17.1. The molecule has 0 aliphatic heterocycles. The number of benzene rings is 1. The van der Waals surface area contributed by atoms with Gasteiger partial charge >= 0.3 is 5.97 Å². The van der Waals surface area contributed by atoms with Gasteiger partial charge in [-0.3, -0.25) is 14.5 Å². The lowest BCUT2D eigenvalue weighted by Gasteiger charge is -2.22. The van der Waals surface area contributed by atoms with Crippen LogP contribution in [0.2, 0.25) is 0 Å². The van der Waals surface area contributed by atoms with Crippen LogP contribution < -0.4 is 4.90 Å². The number of anilines is 1. The third-order valence-corrected chi connectivity index (χ3v) is 3.73. The molecule has 1 aromatic carbocycles. The molecular weight excluding hydrogens is 301 g/mol. The number of rotatable bonds is 3. The highest BCUT2D eigenvalue weighted by Gasteiger charge is 2.31. The van der Waals surface area contributed by atoms with Crippen LogP contribution in [0.25, 0.3) is 0 Å². The molecule has 0 radical (unpaired) electrons. The van der Waals surface area contributed by atoms with Gasteiger partial charge in [0.1, 0.15) is 11.4 Å². The Morgan fingerprint density at radius 1 is 1.17 bits per heavy atom. The maximum absolute atomic E-state index is 14.9. The lowest BCUT2D eigenvalue weighted by atomic mass is 10.0. The number of carbonyl (C=O) groups excluding carboxylic acids is 3. The fourth-order valence-electron chi connectivity index (χ4n) is 2.88. The van der Waals surface area contributed by atoms with Crippen molar-refractivity contribution in [3.8, 4) is 0 Å². The van der Waals surface area contributed by atoms with E-state index in [4.69, 9.17) is 4.74 Å². The van der Waals surface area contributed by atoms with Gasteiger partial charge in [-0.25, -0.2) is 9.18 Å². The first-order valence-electron chi connectivity index (χ1n) is 7.60. The molecule has 1 aliphatic carbocycles. The molecule has 2 amide bonds. The average molecular weight is 321 g/mol. The van der Waals surface area contributed by atoms with Crippen molar-refractivity contribution < 1.29 is 23.5 Å². The van der Waals surface area contributed by atoms with Crippen LogP contribution in [0.3, 0.4) is 0 Å². The largest absolute Gasteiger partial charge is 0.459 e. The van der Waals surface area contributed by atoms with Crippen molar-refractivity contribution in [3.63, 3.8) is 0 Å². The van der Waals surface area contributed by atoms with Gasteiger partial charge in [0.05, 0.1) is 11.8 Å². The van der Waals surface area contributed by atoms with Crippen molar-refractivity contribution in [2.45, 2.75) is 53.1 Å². The molecule has 0 bridgehead atoms. The minimum absolute atomic E-state index is 0.0335. The summed E-state index contributed by atoms with van der Waals surface area (Å²) in [4.78, 5) is 36.8. The zero-order valence-corrected chi connectivity index (χ0v) is 13.7. The standard InChI is InChI=1S/C17H20FNO4/c1-9(2)23-17(22)15-14(19(10(3)20)11(4)21)8-12-6-5-7-13(12)16(15)18/h8-9H,5-7H2,1-4H3. The van der Waals surface area contributed by atoms with E-state index < -0.39 is 29.7 Å². The van der Waals surface area contributed by atoms with Gasteiger partial charge in [-0.1, -0.05) is 0 Å². The predicted octanol–water partition coefficient (Wildman–Crippen LogP) is 2.78. The number of fused-ring (bicyclic) bond motifs is 1. The zero-order valence-electron chi connectivity index (χ0n) is 13.7. The Labute approximate surface area is 134 Å². The van der Waals surface area contributed by atoms with Gasteiger partial charge in [0.2, 0.25) is 11.8 Å². The third kappa shape index (κ3) is 3.25. The fourth-order valence-corrected chi connectivity index (χ4v) is 2.88. The maximum atomic E-state index is 14.9. The van der Waals surface area contributed by atoms with Crippen molar-refractivity contribution in [1.29, 1.82) is 0 Å². The quantitative estimate of drug-likeness (QED) is 0.803. The Morgan fingerprint density at radius 3 is 2.30 bits per heavy atom. The monoisotopic (exact) mass is 321 g/mol. The minimum atomic E-state index is -0.866. The van der Waals surface area contributed by atoms with Crippen molar-refractivity contribution in [2.75, 3.05) is 4.90 Å². The Kier molecular flexibility index (Phi) is 4.82. The van der Waals surface area contributed by atoms with Crippen LogP contribution in [0, 0.1) is 5.82 Å². The first-order chi connectivity index (χ1) is 10.7. The number of esters is 1. The van der Waals surface area contributed by atoms with Crippen LogP contribution in [-0.2, 0) is 27.2 Å². The molecule has 0 spiro atoms. The van der Waals surface area contributed by atoms with E-state index in [0.29, 0.717) is 18.4 Å². The molecule has 0 N–H and O–H groups in total. The van der Waals surface area contributed by atoms with Crippen LogP contribution in [0.15, 0.2) is 6.07 Å². The van der Waals surface area contributed by atoms with Crippen LogP contribution in [-0.4, -0.2) is 23.9 Å². The Hall–Kier alpha value is -2.24. The summed E-state index contributed by atoms with van der Waals surface area (Å²) in [5, 5.41) is 0. The molecule has 0 saturated carbocycles. The molecule has 2 rings (SSSR count). The fraction of sp³-hybridized carbons (Fsp3) is 0.471. The molecule has 6 heteroatoms. The number of carbonyl (C=O) groups is 3. The minimum Gasteiger partial charge on any atom is -0.459 e. The van der Waals surface area contributed by atoms with E-state index in [0.717, 1.165) is 16.9 Å². The SMILES string of the molecule is CC(=O)N(C(C)=O)c1cc2c(c(F)c1C(=O)OC(C)C)CCC2. The molecule has 1 aromatic rings. The summed E-state index contributed by atoms with van der Waals surface area (Å²) < 4.78 is 20.0. The molecule has 124 valence electrons. The molecule has 0 atom stereocenters. The van der Waals surface area contributed by atoms with E-state index in [1.165, 1.54) is 13.8 Å². The number of ether oxygens (including phenoxy) is 1. The lowest BCUT2D eigenvalue weighted by Crippen LogP contribution is -2.35. The number of imide groups is 1. The summed E-state index contributed by atoms with van der Waals surface area (Å²) in [5.74, 6) is -2.70. The van der Waals surface area contributed by atoms with Crippen molar-refractivity contribution >= 4 is 23.5 Å². The van der Waals surface area contributed by atoms with Gasteiger partial charge in [-0.2, -0.15) is 0 Å². The lowest BCUT2D eigenvalue weighted by molar-refractivity contribution is -0.124.